The Kier molecular flexibility index (Phi) is 2.68. The number of aryl methyl sites for hydroxylation is 2. The number of aromatic nitrogens is 3. The lowest BCUT2D eigenvalue weighted by Gasteiger charge is -2.01. The predicted molar refractivity (Wildman–Crippen MR) is 61.0 cm³/mol. The minimum absolute atomic E-state index is 0.0397. The maximum atomic E-state index is 11.8. The van der Waals surface area contributed by atoms with Gasteiger partial charge in [0.05, 0.1) is 6.20 Å². The second kappa shape index (κ2) is 3.87. The number of hydrogen-bond donors (Lipinski definition) is 2. The third-order valence-corrected chi connectivity index (χ3v) is 4.02. The van der Waals surface area contributed by atoms with Crippen molar-refractivity contribution < 1.29 is 8.42 Å². The Labute approximate surface area is 96.8 Å². The number of thiazole rings is 1. The molecule has 0 unspecified atom stereocenters. The number of imidazole rings is 1. The molecular weight excluding hydrogens is 248 g/mol. The van der Waals surface area contributed by atoms with Gasteiger partial charge in [-0.2, -0.15) is 8.42 Å². The first-order chi connectivity index (χ1) is 7.47. The molecule has 0 spiro atoms. The maximum Gasteiger partial charge on any atom is 0.280 e. The van der Waals surface area contributed by atoms with Crippen LogP contribution in [0.5, 0.6) is 0 Å². The summed E-state index contributed by atoms with van der Waals surface area (Å²) in [7, 11) is -3.60. The fourth-order valence-corrected chi connectivity index (χ4v) is 2.98. The van der Waals surface area contributed by atoms with Crippen LogP contribution in [-0.4, -0.2) is 23.4 Å². The van der Waals surface area contributed by atoms with Crippen molar-refractivity contribution in [2.45, 2.75) is 18.9 Å². The molecule has 8 heteroatoms. The summed E-state index contributed by atoms with van der Waals surface area (Å²) in [6, 6.07) is 0. The SMILES string of the molecule is Cc1ncc(S(=O)(=O)Nc2ncc(C)s2)[nH]1. The van der Waals surface area contributed by atoms with Gasteiger partial charge in [-0.25, -0.2) is 9.97 Å². The van der Waals surface area contributed by atoms with Crippen molar-refractivity contribution in [1.82, 2.24) is 15.0 Å². The van der Waals surface area contributed by atoms with Crippen molar-refractivity contribution in [3.05, 3.63) is 23.1 Å². The number of anilines is 1. The molecule has 86 valence electrons. The van der Waals surface area contributed by atoms with Gasteiger partial charge in [0.15, 0.2) is 10.2 Å². The maximum absolute atomic E-state index is 11.8. The summed E-state index contributed by atoms with van der Waals surface area (Å²) in [4.78, 5) is 11.4. The Morgan fingerprint density at radius 2 is 2.06 bits per heavy atom. The second-order valence-electron chi connectivity index (χ2n) is 3.21. The molecule has 6 nitrogen and oxygen atoms in total. The van der Waals surface area contributed by atoms with Crippen LogP contribution in [-0.2, 0) is 10.0 Å². The Hall–Kier alpha value is -1.41. The molecule has 0 saturated carbocycles. The van der Waals surface area contributed by atoms with Crippen LogP contribution in [0.1, 0.15) is 10.7 Å². The van der Waals surface area contributed by atoms with Crippen LogP contribution in [0.4, 0.5) is 5.13 Å². The molecule has 0 aliphatic rings. The number of rotatable bonds is 3. The molecule has 0 fully saturated rings. The first-order valence-electron chi connectivity index (χ1n) is 4.44. The molecule has 0 aliphatic carbocycles. The first kappa shape index (κ1) is 11.1. The Bertz CT molecular complexity index is 599. The first-order valence-corrected chi connectivity index (χ1v) is 6.74. The normalized spacial score (nSPS) is 11.6. The molecule has 0 radical (unpaired) electrons. The average molecular weight is 258 g/mol. The van der Waals surface area contributed by atoms with E-state index in [0.717, 1.165) is 4.88 Å². The molecule has 0 aromatic carbocycles. The van der Waals surface area contributed by atoms with Gasteiger partial charge in [0, 0.05) is 11.1 Å². The van der Waals surface area contributed by atoms with Gasteiger partial charge in [0.1, 0.15) is 5.82 Å². The van der Waals surface area contributed by atoms with E-state index in [1.54, 1.807) is 13.1 Å². The van der Waals surface area contributed by atoms with Gasteiger partial charge in [-0.15, -0.1) is 11.3 Å². The van der Waals surface area contributed by atoms with Crippen LogP contribution in [0.3, 0.4) is 0 Å². The average Bonchev–Trinajstić information content (AvgIpc) is 2.75. The number of hydrogen-bond acceptors (Lipinski definition) is 5. The van der Waals surface area contributed by atoms with Crippen molar-refractivity contribution in [3.63, 3.8) is 0 Å². The van der Waals surface area contributed by atoms with E-state index < -0.39 is 10.0 Å². The smallest absolute Gasteiger partial charge is 0.280 e. The molecule has 2 heterocycles. The predicted octanol–water partition coefficient (Wildman–Crippen LogP) is 1.28. The number of nitrogens with one attached hydrogen (secondary N) is 2. The van der Waals surface area contributed by atoms with E-state index in [1.165, 1.54) is 17.5 Å². The Morgan fingerprint density at radius 1 is 1.31 bits per heavy atom. The zero-order chi connectivity index (χ0) is 11.8. The highest BCUT2D eigenvalue weighted by atomic mass is 32.2. The summed E-state index contributed by atoms with van der Waals surface area (Å²) < 4.78 is 26.0. The molecule has 0 aliphatic heterocycles. The number of sulfonamides is 1. The molecule has 0 amide bonds. The van der Waals surface area contributed by atoms with Crippen molar-refractivity contribution in [1.29, 1.82) is 0 Å². The van der Waals surface area contributed by atoms with Crippen LogP contribution in [0.15, 0.2) is 17.4 Å². The van der Waals surface area contributed by atoms with Gasteiger partial charge in [0.25, 0.3) is 10.0 Å². The van der Waals surface area contributed by atoms with Gasteiger partial charge < -0.3 is 4.98 Å². The Morgan fingerprint density at radius 3 is 2.56 bits per heavy atom. The lowest BCUT2D eigenvalue weighted by atomic mass is 10.7. The summed E-state index contributed by atoms with van der Waals surface area (Å²) in [6.45, 7) is 3.54. The van der Waals surface area contributed by atoms with Crippen LogP contribution in [0.2, 0.25) is 0 Å². The van der Waals surface area contributed by atoms with E-state index in [2.05, 4.69) is 19.7 Å². The van der Waals surface area contributed by atoms with E-state index in [-0.39, 0.29) is 5.03 Å². The van der Waals surface area contributed by atoms with Gasteiger partial charge in [-0.1, -0.05) is 0 Å². The fraction of sp³-hybridized carbons (Fsp3) is 0.250. The summed E-state index contributed by atoms with van der Waals surface area (Å²) in [5.74, 6) is 0.552. The van der Waals surface area contributed by atoms with Crippen LogP contribution < -0.4 is 4.72 Å². The van der Waals surface area contributed by atoms with Gasteiger partial charge in [0.2, 0.25) is 0 Å². The second-order valence-corrected chi connectivity index (χ2v) is 6.10. The summed E-state index contributed by atoms with van der Waals surface area (Å²) in [5.41, 5.74) is 0. The van der Waals surface area contributed by atoms with Crippen molar-refractivity contribution in [2.24, 2.45) is 0 Å². The topological polar surface area (TPSA) is 87.7 Å². The quantitative estimate of drug-likeness (QED) is 0.868. The molecule has 0 bridgehead atoms. The lowest BCUT2D eigenvalue weighted by Crippen LogP contribution is -2.13. The molecule has 2 aromatic heterocycles. The Balaban J connectivity index is 2.27. The summed E-state index contributed by atoms with van der Waals surface area (Å²) in [5, 5.41) is 0.391. The minimum Gasteiger partial charge on any atom is -0.332 e. The molecule has 2 N–H and O–H groups in total. The summed E-state index contributed by atoms with van der Waals surface area (Å²) >= 11 is 1.28. The molecule has 2 aromatic rings. The molecule has 2 rings (SSSR count). The highest BCUT2D eigenvalue weighted by molar-refractivity contribution is 7.92. The highest BCUT2D eigenvalue weighted by Crippen LogP contribution is 2.20. The standard InChI is InChI=1S/C8H10N4O2S2/c1-5-3-10-8(15-5)12-16(13,14)7-4-9-6(2)11-7/h3-4H,1-2H3,(H,9,11)(H,10,12). The molecule has 16 heavy (non-hydrogen) atoms. The third-order valence-electron chi connectivity index (χ3n) is 1.81. The monoisotopic (exact) mass is 258 g/mol. The summed E-state index contributed by atoms with van der Waals surface area (Å²) in [6.07, 6.45) is 2.89. The molecular formula is C8H10N4O2S2. The van der Waals surface area contributed by atoms with Crippen molar-refractivity contribution in [2.75, 3.05) is 4.72 Å². The highest BCUT2D eigenvalue weighted by Gasteiger charge is 2.17. The van der Waals surface area contributed by atoms with Crippen LogP contribution >= 0.6 is 11.3 Å². The largest absolute Gasteiger partial charge is 0.332 e. The van der Waals surface area contributed by atoms with Crippen LogP contribution in [0.25, 0.3) is 0 Å². The van der Waals surface area contributed by atoms with E-state index in [9.17, 15) is 8.42 Å². The number of nitrogens with zero attached hydrogens (tertiary/aromatic N) is 2. The van der Waals surface area contributed by atoms with E-state index in [1.807, 2.05) is 6.92 Å². The molecule has 0 atom stereocenters. The number of H-pyrrole nitrogens is 1. The molecule has 0 saturated heterocycles. The van der Waals surface area contributed by atoms with E-state index >= 15 is 0 Å². The third kappa shape index (κ3) is 2.22. The van der Waals surface area contributed by atoms with Crippen molar-refractivity contribution in [3.8, 4) is 0 Å². The zero-order valence-electron chi connectivity index (χ0n) is 8.68. The minimum atomic E-state index is -3.60. The number of aromatic amines is 1. The fourth-order valence-electron chi connectivity index (χ4n) is 1.11. The zero-order valence-corrected chi connectivity index (χ0v) is 10.3. The van der Waals surface area contributed by atoms with Crippen LogP contribution in [0, 0.1) is 13.8 Å². The van der Waals surface area contributed by atoms with Gasteiger partial charge in [-0.05, 0) is 13.8 Å². The van der Waals surface area contributed by atoms with Gasteiger partial charge >= 0.3 is 0 Å². The van der Waals surface area contributed by atoms with E-state index in [4.69, 9.17) is 0 Å². The lowest BCUT2D eigenvalue weighted by molar-refractivity contribution is 0.598. The van der Waals surface area contributed by atoms with E-state index in [0.29, 0.717) is 11.0 Å². The van der Waals surface area contributed by atoms with Gasteiger partial charge in [-0.3, -0.25) is 4.72 Å². The van der Waals surface area contributed by atoms with Crippen molar-refractivity contribution >= 4 is 26.5 Å².